The fraction of sp³-hybridized carbons (Fsp3) is 0.500. The lowest BCUT2D eigenvalue weighted by atomic mass is 9.89. The number of benzene rings is 1. The Morgan fingerprint density at radius 2 is 2.15 bits per heavy atom. The average molecular weight is 295 g/mol. The summed E-state index contributed by atoms with van der Waals surface area (Å²) in [5.41, 5.74) is 1.39. The molecule has 0 radical (unpaired) electrons. The maximum atomic E-state index is 5.88. The van der Waals surface area contributed by atoms with Crippen molar-refractivity contribution in [2.24, 2.45) is 5.41 Å². The Bertz CT molecular complexity index is 527. The summed E-state index contributed by atoms with van der Waals surface area (Å²) in [4.78, 5) is 2.37. The minimum absolute atomic E-state index is 0. The van der Waals surface area contributed by atoms with Crippen LogP contribution in [-0.2, 0) is 6.54 Å². The van der Waals surface area contributed by atoms with Crippen LogP contribution in [0.15, 0.2) is 34.7 Å². The van der Waals surface area contributed by atoms with E-state index in [0.717, 1.165) is 37.5 Å². The van der Waals surface area contributed by atoms with Crippen molar-refractivity contribution in [2.45, 2.75) is 19.9 Å². The van der Waals surface area contributed by atoms with Crippen LogP contribution in [-0.4, -0.2) is 31.6 Å². The Hall–Kier alpha value is -1.03. The second kappa shape index (κ2) is 6.17. The van der Waals surface area contributed by atoms with E-state index in [4.69, 9.17) is 4.42 Å². The van der Waals surface area contributed by atoms with Crippen LogP contribution < -0.4 is 5.32 Å². The Labute approximate surface area is 126 Å². The molecule has 20 heavy (non-hydrogen) atoms. The molecule has 1 aliphatic heterocycles. The highest BCUT2D eigenvalue weighted by molar-refractivity contribution is 5.85. The van der Waals surface area contributed by atoms with Crippen molar-refractivity contribution in [3.8, 4) is 0 Å². The number of fused-ring (bicyclic) bond motifs is 1. The van der Waals surface area contributed by atoms with Gasteiger partial charge in [-0.15, -0.1) is 12.4 Å². The van der Waals surface area contributed by atoms with Crippen LogP contribution in [0.2, 0.25) is 0 Å². The van der Waals surface area contributed by atoms with Gasteiger partial charge in [0.15, 0.2) is 0 Å². The van der Waals surface area contributed by atoms with Crippen molar-refractivity contribution < 1.29 is 4.42 Å². The van der Waals surface area contributed by atoms with E-state index in [1.165, 1.54) is 11.8 Å². The van der Waals surface area contributed by atoms with Gasteiger partial charge in [0.25, 0.3) is 0 Å². The summed E-state index contributed by atoms with van der Waals surface area (Å²) < 4.78 is 5.88. The molecule has 1 fully saturated rings. The van der Waals surface area contributed by atoms with E-state index in [0.29, 0.717) is 5.41 Å². The first-order chi connectivity index (χ1) is 9.15. The van der Waals surface area contributed by atoms with E-state index in [9.17, 15) is 0 Å². The Morgan fingerprint density at radius 1 is 1.35 bits per heavy atom. The van der Waals surface area contributed by atoms with Crippen LogP contribution in [0, 0.1) is 5.41 Å². The van der Waals surface area contributed by atoms with Crippen LogP contribution in [0.3, 0.4) is 0 Å². The zero-order valence-electron chi connectivity index (χ0n) is 12.2. The van der Waals surface area contributed by atoms with Gasteiger partial charge in [0.2, 0.25) is 0 Å². The quantitative estimate of drug-likeness (QED) is 0.938. The highest BCUT2D eigenvalue weighted by atomic mass is 35.5. The molecule has 1 saturated heterocycles. The topological polar surface area (TPSA) is 28.4 Å². The lowest BCUT2D eigenvalue weighted by molar-refractivity contribution is 0.194. The maximum Gasteiger partial charge on any atom is 0.134 e. The molecule has 1 aromatic heterocycles. The van der Waals surface area contributed by atoms with E-state index < -0.39 is 0 Å². The first-order valence-electron chi connectivity index (χ1n) is 7.01. The highest BCUT2D eigenvalue weighted by Gasteiger charge is 2.29. The Morgan fingerprint density at radius 3 is 2.85 bits per heavy atom. The third-order valence-electron chi connectivity index (χ3n) is 4.01. The molecular formula is C16H23ClN2O. The zero-order valence-corrected chi connectivity index (χ0v) is 13.0. The second-order valence-corrected chi connectivity index (χ2v) is 6.16. The third kappa shape index (κ3) is 3.35. The SMILES string of the molecule is CN(Cc1cc2ccccc2o1)CC1(C)CCNC1.Cl. The number of hydrogen-bond acceptors (Lipinski definition) is 3. The first-order valence-corrected chi connectivity index (χ1v) is 7.01. The molecular weight excluding hydrogens is 272 g/mol. The molecule has 0 saturated carbocycles. The van der Waals surface area contributed by atoms with Gasteiger partial charge in [-0.3, -0.25) is 4.90 Å². The zero-order chi connectivity index (χ0) is 13.3. The predicted molar refractivity (Wildman–Crippen MR) is 85.4 cm³/mol. The van der Waals surface area contributed by atoms with Crippen molar-refractivity contribution >= 4 is 23.4 Å². The Kier molecular flexibility index (Phi) is 4.74. The predicted octanol–water partition coefficient (Wildman–Crippen LogP) is 3.29. The van der Waals surface area contributed by atoms with Crippen molar-refractivity contribution in [3.05, 3.63) is 36.1 Å². The molecule has 2 aromatic rings. The van der Waals surface area contributed by atoms with Crippen molar-refractivity contribution in [2.75, 3.05) is 26.7 Å². The van der Waals surface area contributed by atoms with Crippen LogP contribution >= 0.6 is 12.4 Å². The summed E-state index contributed by atoms with van der Waals surface area (Å²) >= 11 is 0. The number of para-hydroxylation sites is 1. The normalized spacial score (nSPS) is 22.4. The van der Waals surface area contributed by atoms with Gasteiger partial charge in [-0.1, -0.05) is 25.1 Å². The van der Waals surface area contributed by atoms with Gasteiger partial charge in [-0.05, 0) is 37.6 Å². The van der Waals surface area contributed by atoms with E-state index in [2.05, 4.69) is 42.4 Å². The first kappa shape index (κ1) is 15.4. The van der Waals surface area contributed by atoms with Crippen LogP contribution in [0.5, 0.6) is 0 Å². The van der Waals surface area contributed by atoms with Gasteiger partial charge < -0.3 is 9.73 Å². The lowest BCUT2D eigenvalue weighted by Crippen LogP contribution is -2.34. The van der Waals surface area contributed by atoms with Crippen LogP contribution in [0.1, 0.15) is 19.1 Å². The van der Waals surface area contributed by atoms with Crippen LogP contribution in [0.25, 0.3) is 11.0 Å². The van der Waals surface area contributed by atoms with Gasteiger partial charge >= 0.3 is 0 Å². The molecule has 1 aliphatic rings. The van der Waals surface area contributed by atoms with Crippen LogP contribution in [0.4, 0.5) is 0 Å². The van der Waals surface area contributed by atoms with Crippen molar-refractivity contribution in [1.82, 2.24) is 10.2 Å². The molecule has 0 bridgehead atoms. The van der Waals surface area contributed by atoms with Crippen molar-refractivity contribution in [1.29, 1.82) is 0 Å². The molecule has 1 N–H and O–H groups in total. The largest absolute Gasteiger partial charge is 0.460 e. The van der Waals surface area contributed by atoms with Gasteiger partial charge in [0.1, 0.15) is 11.3 Å². The average Bonchev–Trinajstić information content (AvgIpc) is 2.94. The van der Waals surface area contributed by atoms with E-state index in [1.807, 2.05) is 12.1 Å². The molecule has 0 amide bonds. The number of nitrogens with zero attached hydrogens (tertiary/aromatic N) is 1. The molecule has 1 aromatic carbocycles. The minimum Gasteiger partial charge on any atom is -0.460 e. The fourth-order valence-electron chi connectivity index (χ4n) is 3.09. The summed E-state index contributed by atoms with van der Waals surface area (Å²) in [7, 11) is 2.18. The van der Waals surface area contributed by atoms with Crippen molar-refractivity contribution in [3.63, 3.8) is 0 Å². The summed E-state index contributed by atoms with van der Waals surface area (Å²) in [5, 5.41) is 4.65. The molecule has 110 valence electrons. The maximum absolute atomic E-state index is 5.88. The molecule has 1 unspecified atom stereocenters. The molecule has 3 nitrogen and oxygen atoms in total. The summed E-state index contributed by atoms with van der Waals surface area (Å²) in [6.45, 7) is 6.62. The number of halogens is 1. The van der Waals surface area contributed by atoms with Gasteiger partial charge in [0, 0.05) is 18.5 Å². The van der Waals surface area contributed by atoms with Gasteiger partial charge in [-0.2, -0.15) is 0 Å². The molecule has 3 rings (SSSR count). The minimum atomic E-state index is 0. The monoisotopic (exact) mass is 294 g/mol. The smallest absolute Gasteiger partial charge is 0.134 e. The molecule has 1 atom stereocenters. The van der Waals surface area contributed by atoms with E-state index in [-0.39, 0.29) is 12.4 Å². The molecule has 4 heteroatoms. The third-order valence-corrected chi connectivity index (χ3v) is 4.01. The molecule has 0 spiro atoms. The summed E-state index contributed by atoms with van der Waals surface area (Å²) in [5.74, 6) is 1.05. The number of rotatable bonds is 4. The lowest BCUT2D eigenvalue weighted by Gasteiger charge is -2.28. The fourth-order valence-corrected chi connectivity index (χ4v) is 3.09. The Balaban J connectivity index is 0.00000147. The van der Waals surface area contributed by atoms with Gasteiger partial charge in [-0.25, -0.2) is 0 Å². The summed E-state index contributed by atoms with van der Waals surface area (Å²) in [6.07, 6.45) is 1.26. The van der Waals surface area contributed by atoms with E-state index >= 15 is 0 Å². The highest BCUT2D eigenvalue weighted by Crippen LogP contribution is 2.26. The number of hydrogen-bond donors (Lipinski definition) is 1. The second-order valence-electron chi connectivity index (χ2n) is 6.16. The molecule has 0 aliphatic carbocycles. The number of furan rings is 1. The number of nitrogens with one attached hydrogen (secondary N) is 1. The summed E-state index contributed by atoms with van der Waals surface area (Å²) in [6, 6.07) is 10.4. The van der Waals surface area contributed by atoms with Gasteiger partial charge in [0.05, 0.1) is 6.54 Å². The molecule has 2 heterocycles. The standard InChI is InChI=1S/C16H22N2O.ClH/c1-16(7-8-17-11-16)12-18(2)10-14-9-13-5-3-4-6-15(13)19-14;/h3-6,9,17H,7-8,10-12H2,1-2H3;1H. The van der Waals surface area contributed by atoms with E-state index in [1.54, 1.807) is 0 Å².